The molecule has 1 atom stereocenters. The minimum Gasteiger partial charge on any atom is -0.255 e. The van der Waals surface area contributed by atoms with Gasteiger partial charge in [0.2, 0.25) is 0 Å². The van der Waals surface area contributed by atoms with E-state index in [-0.39, 0.29) is 0 Å². The van der Waals surface area contributed by atoms with Crippen molar-refractivity contribution in [3.05, 3.63) is 0 Å². The van der Waals surface area contributed by atoms with E-state index < -0.39 is 24.2 Å². The Morgan fingerprint density at radius 3 is 2.00 bits per heavy atom. The van der Waals surface area contributed by atoms with Crippen molar-refractivity contribution in [3.8, 4) is 0 Å². The topological polar surface area (TPSA) is 26.3 Å². The molecule has 2 nitrogen and oxygen atoms in total. The number of alkyl halides is 3. The average molecular weight is 166 g/mol. The van der Waals surface area contributed by atoms with Crippen LogP contribution in [0.4, 0.5) is 17.1 Å². The van der Waals surface area contributed by atoms with Crippen LogP contribution in [0.5, 0.6) is 0 Å². The maximum atomic E-state index is 11.0. The van der Waals surface area contributed by atoms with Crippen molar-refractivity contribution in [1.29, 1.82) is 0 Å². The zero-order chi connectivity index (χ0) is 7.49. The third-order valence-electron chi connectivity index (χ3n) is 0.315. The van der Waals surface area contributed by atoms with Crippen molar-refractivity contribution in [3.63, 3.8) is 0 Å². The van der Waals surface area contributed by atoms with Gasteiger partial charge in [-0.05, 0) is 0 Å². The highest BCUT2D eigenvalue weighted by molar-refractivity contribution is 7.74. The van der Waals surface area contributed by atoms with Crippen molar-refractivity contribution in [2.45, 2.75) is 6.18 Å². The highest BCUT2D eigenvalue weighted by atomic mass is 32.2. The summed E-state index contributed by atoms with van der Waals surface area (Å²) in [5.74, 6) is 0. The Morgan fingerprint density at radius 2 is 1.89 bits per heavy atom. The van der Waals surface area contributed by atoms with E-state index in [2.05, 4.69) is 4.18 Å². The molecule has 0 saturated carbocycles. The smallest absolute Gasteiger partial charge is 0.255 e. The van der Waals surface area contributed by atoms with Crippen molar-refractivity contribution in [2.24, 2.45) is 0 Å². The van der Waals surface area contributed by atoms with E-state index >= 15 is 0 Å². The number of rotatable bonds is 2. The summed E-state index contributed by atoms with van der Waals surface area (Å²) in [6.07, 6.45) is -4.62. The Morgan fingerprint density at radius 1 is 1.44 bits per heavy atom. The van der Waals surface area contributed by atoms with Gasteiger partial charge in [-0.25, -0.2) is 0 Å². The molecule has 0 aliphatic carbocycles. The van der Waals surface area contributed by atoms with Crippen LogP contribution >= 0.6 is 0 Å². The fourth-order valence-corrected chi connectivity index (χ4v) is 0.339. The Hall–Kier alpha value is -0.170. The maximum Gasteiger partial charge on any atom is 0.413 e. The average Bonchev–Trinajstić information content (AvgIpc) is 1.59. The second-order valence-corrected chi connectivity index (χ2v) is 1.70. The largest absolute Gasteiger partial charge is 0.413 e. The van der Waals surface area contributed by atoms with Crippen LogP contribution in [0, 0.1) is 0 Å². The molecule has 0 aliphatic rings. The number of halogens is 4. The minimum atomic E-state index is -4.62. The van der Waals surface area contributed by atoms with E-state index in [0.29, 0.717) is 0 Å². The van der Waals surface area contributed by atoms with E-state index in [1.165, 1.54) is 0 Å². The van der Waals surface area contributed by atoms with Crippen molar-refractivity contribution < 1.29 is 25.4 Å². The first-order chi connectivity index (χ1) is 3.92. The molecular weight excluding hydrogens is 164 g/mol. The molecule has 7 heteroatoms. The first kappa shape index (κ1) is 8.83. The summed E-state index contributed by atoms with van der Waals surface area (Å²) in [7, 11) is 0. The summed E-state index contributed by atoms with van der Waals surface area (Å²) in [5.41, 5.74) is 0. The molecular formula is C2H2F4O2S. The molecule has 0 aromatic carbocycles. The van der Waals surface area contributed by atoms with Crippen molar-refractivity contribution >= 4 is 11.5 Å². The number of hydrogen-bond acceptors (Lipinski definition) is 2. The first-order valence-corrected chi connectivity index (χ1v) is 2.67. The SMILES string of the molecule is O=S(F)OCC(F)(F)F. The molecule has 0 aromatic rings. The van der Waals surface area contributed by atoms with Crippen LogP contribution < -0.4 is 0 Å². The van der Waals surface area contributed by atoms with Crippen LogP contribution in [-0.2, 0) is 15.6 Å². The van der Waals surface area contributed by atoms with Gasteiger partial charge < -0.3 is 0 Å². The molecule has 0 spiro atoms. The molecule has 0 saturated heterocycles. The van der Waals surface area contributed by atoms with Crippen LogP contribution in [0.25, 0.3) is 0 Å². The molecule has 0 aliphatic heterocycles. The van der Waals surface area contributed by atoms with E-state index in [1.807, 2.05) is 0 Å². The predicted octanol–water partition coefficient (Wildman–Crippen LogP) is 1.11. The summed E-state index contributed by atoms with van der Waals surface area (Å²) < 4.78 is 56.3. The van der Waals surface area contributed by atoms with Crippen LogP contribution in [0.15, 0.2) is 0 Å². The van der Waals surface area contributed by atoms with Crippen molar-refractivity contribution in [1.82, 2.24) is 0 Å². The zero-order valence-electron chi connectivity index (χ0n) is 3.94. The lowest BCUT2D eigenvalue weighted by Crippen LogP contribution is -2.16. The highest BCUT2D eigenvalue weighted by Crippen LogP contribution is 2.14. The van der Waals surface area contributed by atoms with Crippen LogP contribution in [0.1, 0.15) is 0 Å². The van der Waals surface area contributed by atoms with Gasteiger partial charge in [0.1, 0.15) is 0 Å². The molecule has 0 heterocycles. The van der Waals surface area contributed by atoms with Gasteiger partial charge in [-0.2, -0.15) is 17.4 Å². The Kier molecular flexibility index (Phi) is 3.06. The molecule has 1 unspecified atom stereocenters. The van der Waals surface area contributed by atoms with E-state index in [1.54, 1.807) is 0 Å². The van der Waals surface area contributed by atoms with E-state index in [9.17, 15) is 21.3 Å². The first-order valence-electron chi connectivity index (χ1n) is 1.70. The second-order valence-electron chi connectivity index (χ2n) is 1.07. The second kappa shape index (κ2) is 3.11. The fourth-order valence-electron chi connectivity index (χ4n) is 0.113. The quantitative estimate of drug-likeness (QED) is 0.453. The number of hydrogen-bond donors (Lipinski definition) is 0. The molecule has 0 fully saturated rings. The Labute approximate surface area is 50.8 Å². The van der Waals surface area contributed by atoms with Gasteiger partial charge >= 0.3 is 17.6 Å². The third kappa shape index (κ3) is 7.83. The molecule has 9 heavy (non-hydrogen) atoms. The molecule has 0 aromatic heterocycles. The molecule has 0 rings (SSSR count). The van der Waals surface area contributed by atoms with E-state index in [4.69, 9.17) is 0 Å². The minimum absolute atomic E-state index is 1.82. The normalized spacial score (nSPS) is 15.6. The predicted molar refractivity (Wildman–Crippen MR) is 21.3 cm³/mol. The monoisotopic (exact) mass is 166 g/mol. The van der Waals surface area contributed by atoms with Gasteiger partial charge in [-0.15, -0.1) is 3.89 Å². The summed E-state index contributed by atoms with van der Waals surface area (Å²) in [6, 6.07) is 0. The summed E-state index contributed by atoms with van der Waals surface area (Å²) in [4.78, 5) is 0. The van der Waals surface area contributed by atoms with Gasteiger partial charge in [0, 0.05) is 0 Å². The standard InChI is InChI=1S/C2H2F4O2S/c3-2(4,5)1-8-9(6)7/h1H2. The molecule has 0 N–H and O–H groups in total. The summed E-state index contributed by atoms with van der Waals surface area (Å²) in [6.45, 7) is -1.82. The van der Waals surface area contributed by atoms with Gasteiger partial charge in [-0.3, -0.25) is 4.18 Å². The van der Waals surface area contributed by atoms with Crippen LogP contribution in [-0.4, -0.2) is 17.0 Å². The van der Waals surface area contributed by atoms with Gasteiger partial charge in [0.15, 0.2) is 6.61 Å². The lowest BCUT2D eigenvalue weighted by Gasteiger charge is -2.01. The molecule has 0 radical (unpaired) electrons. The van der Waals surface area contributed by atoms with E-state index in [0.717, 1.165) is 0 Å². The highest BCUT2D eigenvalue weighted by Gasteiger charge is 2.28. The molecule has 56 valence electrons. The maximum absolute atomic E-state index is 11.0. The van der Waals surface area contributed by atoms with Crippen LogP contribution in [0.3, 0.4) is 0 Å². The lowest BCUT2D eigenvalue weighted by atomic mass is 10.7. The van der Waals surface area contributed by atoms with Crippen LogP contribution in [0.2, 0.25) is 0 Å². The summed E-state index contributed by atoms with van der Waals surface area (Å²) >= 11 is -3.33. The molecule has 0 bridgehead atoms. The zero-order valence-corrected chi connectivity index (χ0v) is 4.76. The molecule has 0 amide bonds. The van der Waals surface area contributed by atoms with Gasteiger partial charge in [0.05, 0.1) is 0 Å². The third-order valence-corrected chi connectivity index (χ3v) is 0.618. The Balaban J connectivity index is 3.39. The summed E-state index contributed by atoms with van der Waals surface area (Å²) in [5, 5.41) is 0. The van der Waals surface area contributed by atoms with Crippen molar-refractivity contribution in [2.75, 3.05) is 6.61 Å². The fraction of sp³-hybridized carbons (Fsp3) is 1.00. The van der Waals surface area contributed by atoms with Gasteiger partial charge in [0.25, 0.3) is 0 Å². The van der Waals surface area contributed by atoms with Gasteiger partial charge in [-0.1, -0.05) is 0 Å². The Bertz CT molecular complexity index is 110. The lowest BCUT2D eigenvalue weighted by molar-refractivity contribution is -0.152.